The van der Waals surface area contributed by atoms with Gasteiger partial charge >= 0.3 is 0 Å². The number of hydrogen-bond donors (Lipinski definition) is 2. The van der Waals surface area contributed by atoms with Gasteiger partial charge in [0.25, 0.3) is 0 Å². The van der Waals surface area contributed by atoms with Crippen LogP contribution in [0.15, 0.2) is 61.0 Å². The van der Waals surface area contributed by atoms with Crippen LogP contribution in [-0.2, 0) is 4.79 Å². The van der Waals surface area contributed by atoms with E-state index >= 15 is 0 Å². The zero-order valence-corrected chi connectivity index (χ0v) is 20.7. The van der Waals surface area contributed by atoms with E-state index in [4.69, 9.17) is 9.47 Å². The predicted molar refractivity (Wildman–Crippen MR) is 139 cm³/mol. The predicted octanol–water partition coefficient (Wildman–Crippen LogP) is 6.90. The number of halogens is 1. The van der Waals surface area contributed by atoms with Gasteiger partial charge in [-0.25, -0.2) is 4.39 Å². The number of carbonyl (C=O) groups excluding carboxylic acids is 2. The van der Waals surface area contributed by atoms with Crippen molar-refractivity contribution in [1.29, 1.82) is 0 Å². The van der Waals surface area contributed by atoms with Gasteiger partial charge in [0.2, 0.25) is 0 Å². The molecule has 0 aliphatic rings. The molecule has 0 amide bonds. The van der Waals surface area contributed by atoms with Crippen LogP contribution in [0.3, 0.4) is 0 Å². The van der Waals surface area contributed by atoms with Gasteiger partial charge in [-0.1, -0.05) is 39.0 Å². The van der Waals surface area contributed by atoms with Crippen molar-refractivity contribution in [1.82, 2.24) is 0 Å². The van der Waals surface area contributed by atoms with Gasteiger partial charge in [-0.05, 0) is 43.7 Å². The summed E-state index contributed by atoms with van der Waals surface area (Å²) in [4.78, 5) is 23.6. The molecule has 0 bridgehead atoms. The molecule has 2 N–H and O–H groups in total. The molecule has 0 aliphatic heterocycles. The van der Waals surface area contributed by atoms with Crippen molar-refractivity contribution in [3.8, 4) is 11.5 Å². The Kier molecular flexibility index (Phi) is 12.1. The molecule has 0 atom stereocenters. The van der Waals surface area contributed by atoms with E-state index in [1.54, 1.807) is 6.20 Å². The summed E-state index contributed by atoms with van der Waals surface area (Å²) < 4.78 is 25.0. The van der Waals surface area contributed by atoms with Crippen LogP contribution in [-0.4, -0.2) is 25.3 Å². The summed E-state index contributed by atoms with van der Waals surface area (Å²) in [5.74, 6) is -0.183. The lowest BCUT2D eigenvalue weighted by Crippen LogP contribution is -2.02. The molecule has 35 heavy (non-hydrogen) atoms. The fourth-order valence-electron chi connectivity index (χ4n) is 3.30. The summed E-state index contributed by atoms with van der Waals surface area (Å²) in [6.45, 7) is 4.29. The average molecular weight is 483 g/mol. The zero-order chi connectivity index (χ0) is 25.5. The van der Waals surface area contributed by atoms with Gasteiger partial charge in [0.05, 0.1) is 30.7 Å². The molecule has 0 aliphatic carbocycles. The van der Waals surface area contributed by atoms with Crippen molar-refractivity contribution >= 4 is 22.9 Å². The Morgan fingerprint density at radius 2 is 1.57 bits per heavy atom. The van der Waals surface area contributed by atoms with E-state index in [-0.39, 0.29) is 11.3 Å². The zero-order valence-electron chi connectivity index (χ0n) is 20.7. The molecule has 2 aromatic carbocycles. The van der Waals surface area contributed by atoms with Crippen molar-refractivity contribution in [3.63, 3.8) is 0 Å². The molecular weight excluding hydrogens is 447 g/mol. The molecule has 0 saturated heterocycles. The van der Waals surface area contributed by atoms with E-state index in [0.29, 0.717) is 29.5 Å². The first-order valence-electron chi connectivity index (χ1n) is 12.0. The smallest absolute Gasteiger partial charge is 0.190 e. The molecular formula is C28H35FN2O4. The van der Waals surface area contributed by atoms with E-state index in [2.05, 4.69) is 17.6 Å². The Bertz CT molecular complexity index is 1030. The lowest BCUT2D eigenvalue weighted by atomic mass is 10.1. The first kappa shape index (κ1) is 27.6. The number of anilines is 2. The van der Waals surface area contributed by atoms with Crippen LogP contribution < -0.4 is 20.1 Å². The molecule has 0 heterocycles. The minimum Gasteiger partial charge on any atom is -0.497 e. The third-order valence-electron chi connectivity index (χ3n) is 5.23. The van der Waals surface area contributed by atoms with E-state index in [9.17, 15) is 14.0 Å². The Morgan fingerprint density at radius 3 is 2.29 bits per heavy atom. The number of hydrogen-bond acceptors (Lipinski definition) is 6. The normalized spacial score (nSPS) is 11.1. The molecule has 0 radical (unpaired) electrons. The maximum absolute atomic E-state index is 14.1. The third-order valence-corrected chi connectivity index (χ3v) is 5.23. The average Bonchev–Trinajstić information content (AvgIpc) is 2.84. The highest BCUT2D eigenvalue weighted by molar-refractivity contribution is 6.05. The Hall–Kier alpha value is -3.61. The number of allylic oxidation sites excluding steroid dienone is 2. The Labute approximate surface area is 207 Å². The molecule has 6 nitrogen and oxygen atoms in total. The molecule has 188 valence electrons. The lowest BCUT2D eigenvalue weighted by Gasteiger charge is -2.13. The number of benzene rings is 2. The Balaban J connectivity index is 2.03. The second-order valence-electron chi connectivity index (χ2n) is 8.10. The molecule has 0 fully saturated rings. The van der Waals surface area contributed by atoms with Crippen molar-refractivity contribution in [3.05, 3.63) is 72.3 Å². The van der Waals surface area contributed by atoms with Gasteiger partial charge < -0.3 is 20.1 Å². The maximum Gasteiger partial charge on any atom is 0.190 e. The van der Waals surface area contributed by atoms with Crippen LogP contribution in [0.1, 0.15) is 62.7 Å². The molecule has 2 rings (SSSR count). The minimum atomic E-state index is -0.650. The van der Waals surface area contributed by atoms with Gasteiger partial charge in [0.1, 0.15) is 17.3 Å². The van der Waals surface area contributed by atoms with Crippen LogP contribution >= 0.6 is 0 Å². The summed E-state index contributed by atoms with van der Waals surface area (Å²) in [7, 11) is 1.43. The standard InChI is InChI=1S/C28H35FN2O4/c1-4-5-6-7-8-9-18-35-23-11-13-26(27(20-23)31-16-14-21(2)32)30-17-15-28(33)24-12-10-22(34-3)19-25(24)29/h10-17,19-20,30-31H,4-9,18H2,1-3H3/b16-14+,17-15+. The van der Waals surface area contributed by atoms with Crippen LogP contribution in [0, 0.1) is 5.82 Å². The van der Waals surface area contributed by atoms with Gasteiger partial charge in [0.15, 0.2) is 11.6 Å². The summed E-state index contributed by atoms with van der Waals surface area (Å²) in [5.41, 5.74) is 1.27. The number of unbranched alkanes of at least 4 members (excludes halogenated alkanes) is 5. The molecule has 2 aromatic rings. The van der Waals surface area contributed by atoms with Crippen LogP contribution in [0.2, 0.25) is 0 Å². The van der Waals surface area contributed by atoms with Crippen LogP contribution in [0.25, 0.3) is 0 Å². The fourth-order valence-corrected chi connectivity index (χ4v) is 3.30. The second-order valence-corrected chi connectivity index (χ2v) is 8.10. The summed E-state index contributed by atoms with van der Waals surface area (Å²) in [5, 5.41) is 6.10. The summed E-state index contributed by atoms with van der Waals surface area (Å²) >= 11 is 0. The highest BCUT2D eigenvalue weighted by atomic mass is 19.1. The van der Waals surface area contributed by atoms with E-state index in [1.165, 1.54) is 76.3 Å². The highest BCUT2D eigenvalue weighted by Gasteiger charge is 2.10. The topological polar surface area (TPSA) is 76.7 Å². The largest absolute Gasteiger partial charge is 0.497 e. The van der Waals surface area contributed by atoms with Crippen molar-refractivity contribution in [2.24, 2.45) is 0 Å². The number of ketones is 2. The maximum atomic E-state index is 14.1. The van der Waals surface area contributed by atoms with Crippen molar-refractivity contribution < 1.29 is 23.5 Å². The van der Waals surface area contributed by atoms with Crippen molar-refractivity contribution in [2.75, 3.05) is 24.4 Å². The number of ether oxygens (including phenoxy) is 2. The number of methoxy groups -OCH3 is 1. The minimum absolute atomic E-state index is 0.0509. The fraction of sp³-hybridized carbons (Fsp3) is 0.357. The summed E-state index contributed by atoms with van der Waals surface area (Å²) in [6.07, 6.45) is 12.8. The van der Waals surface area contributed by atoms with Crippen molar-refractivity contribution in [2.45, 2.75) is 52.4 Å². The van der Waals surface area contributed by atoms with Gasteiger partial charge in [-0.3, -0.25) is 9.59 Å². The Morgan fingerprint density at radius 1 is 0.886 bits per heavy atom. The molecule has 0 unspecified atom stereocenters. The highest BCUT2D eigenvalue weighted by Crippen LogP contribution is 2.28. The SMILES string of the molecule is CCCCCCCCOc1ccc(N/C=C/C(=O)c2ccc(OC)cc2F)c(N/C=C/C(C)=O)c1. The number of carbonyl (C=O) groups is 2. The van der Waals surface area contributed by atoms with Gasteiger partial charge in [0, 0.05) is 30.6 Å². The van der Waals surface area contributed by atoms with E-state index in [0.717, 1.165) is 12.8 Å². The number of nitrogens with one attached hydrogen (secondary N) is 2. The van der Waals surface area contributed by atoms with E-state index < -0.39 is 11.6 Å². The first-order valence-corrected chi connectivity index (χ1v) is 12.0. The quantitative estimate of drug-likeness (QED) is 0.154. The van der Waals surface area contributed by atoms with Gasteiger partial charge in [-0.15, -0.1) is 0 Å². The first-order chi connectivity index (χ1) is 16.9. The summed E-state index contributed by atoms with van der Waals surface area (Å²) in [6, 6.07) is 9.55. The third kappa shape index (κ3) is 10.0. The van der Waals surface area contributed by atoms with Crippen LogP contribution in [0.4, 0.5) is 15.8 Å². The molecule has 7 heteroatoms. The monoisotopic (exact) mass is 482 g/mol. The molecule has 0 aromatic heterocycles. The van der Waals surface area contributed by atoms with Crippen LogP contribution in [0.5, 0.6) is 11.5 Å². The molecule has 0 saturated carbocycles. The van der Waals surface area contributed by atoms with Gasteiger partial charge in [-0.2, -0.15) is 0 Å². The lowest BCUT2D eigenvalue weighted by molar-refractivity contribution is -0.112. The number of rotatable bonds is 16. The van der Waals surface area contributed by atoms with E-state index in [1.807, 2.05) is 18.2 Å². The molecule has 0 spiro atoms. The second kappa shape index (κ2) is 15.3.